The Balaban J connectivity index is 0.00000156. The largest absolute Gasteiger partial charge is 0.334 e. The zero-order chi connectivity index (χ0) is 14.8. The third kappa shape index (κ3) is 3.59. The van der Waals surface area contributed by atoms with Gasteiger partial charge in [0.25, 0.3) is 5.89 Å². The van der Waals surface area contributed by atoms with Crippen LogP contribution in [0.4, 0.5) is 0 Å². The lowest BCUT2D eigenvalue weighted by atomic mass is 9.89. The first-order valence-electron chi connectivity index (χ1n) is 8.56. The Bertz CT molecular complexity index is 649. The first-order valence-corrected chi connectivity index (χ1v) is 8.56. The molecular formula is C18H24ClN3O. The summed E-state index contributed by atoms with van der Waals surface area (Å²) in [6, 6.07) is 6.59. The first-order chi connectivity index (χ1) is 10.9. The lowest BCUT2D eigenvalue weighted by molar-refractivity contribution is 0.385. The van der Waals surface area contributed by atoms with Crippen molar-refractivity contribution in [1.29, 1.82) is 0 Å². The summed E-state index contributed by atoms with van der Waals surface area (Å²) in [5.74, 6) is 2.09. The summed E-state index contributed by atoms with van der Waals surface area (Å²) in [7, 11) is 0. The molecule has 5 heteroatoms. The van der Waals surface area contributed by atoms with E-state index in [1.54, 1.807) is 0 Å². The van der Waals surface area contributed by atoms with Gasteiger partial charge in [0, 0.05) is 11.5 Å². The highest BCUT2D eigenvalue weighted by Gasteiger charge is 2.21. The molecule has 2 aliphatic rings. The molecule has 0 spiro atoms. The van der Waals surface area contributed by atoms with E-state index in [2.05, 4.69) is 33.7 Å². The minimum absolute atomic E-state index is 0. The number of nitrogens with one attached hydrogen (secondary N) is 1. The van der Waals surface area contributed by atoms with Crippen LogP contribution in [0.1, 0.15) is 55.0 Å². The fraction of sp³-hybridized carbons (Fsp3) is 0.556. The summed E-state index contributed by atoms with van der Waals surface area (Å²) in [4.78, 5) is 4.68. The van der Waals surface area contributed by atoms with Gasteiger partial charge in [0.15, 0.2) is 5.82 Å². The Morgan fingerprint density at radius 1 is 1.00 bits per heavy atom. The van der Waals surface area contributed by atoms with E-state index in [4.69, 9.17) is 4.52 Å². The number of benzene rings is 1. The van der Waals surface area contributed by atoms with E-state index in [0.29, 0.717) is 11.8 Å². The Morgan fingerprint density at radius 3 is 2.61 bits per heavy atom. The number of hydrogen-bond donors (Lipinski definition) is 1. The van der Waals surface area contributed by atoms with Gasteiger partial charge in [-0.05, 0) is 62.0 Å². The monoisotopic (exact) mass is 333 g/mol. The first kappa shape index (κ1) is 16.5. The second-order valence-electron chi connectivity index (χ2n) is 6.53. The van der Waals surface area contributed by atoms with Crippen molar-refractivity contribution in [3.05, 3.63) is 35.2 Å². The molecule has 1 aromatic carbocycles. The number of nitrogens with zero attached hydrogens (tertiary/aromatic N) is 2. The molecule has 23 heavy (non-hydrogen) atoms. The highest BCUT2D eigenvalue weighted by Crippen LogP contribution is 2.32. The van der Waals surface area contributed by atoms with Crippen molar-refractivity contribution >= 4 is 12.4 Å². The summed E-state index contributed by atoms with van der Waals surface area (Å²) in [5.41, 5.74) is 3.93. The van der Waals surface area contributed by atoms with Crippen LogP contribution in [0.2, 0.25) is 0 Å². The van der Waals surface area contributed by atoms with E-state index >= 15 is 0 Å². The normalized spacial score (nSPS) is 18.8. The fourth-order valence-corrected chi connectivity index (χ4v) is 3.69. The van der Waals surface area contributed by atoms with Crippen LogP contribution in [0, 0.1) is 0 Å². The molecule has 124 valence electrons. The number of rotatable bonds is 2. The van der Waals surface area contributed by atoms with Crippen molar-refractivity contribution in [3.8, 4) is 11.5 Å². The summed E-state index contributed by atoms with van der Waals surface area (Å²) < 4.78 is 5.55. The number of halogens is 1. The molecule has 2 heterocycles. The molecule has 0 amide bonds. The summed E-state index contributed by atoms with van der Waals surface area (Å²) in [6.45, 7) is 2.12. The van der Waals surface area contributed by atoms with Crippen molar-refractivity contribution in [2.75, 3.05) is 13.1 Å². The molecule has 4 nitrogen and oxygen atoms in total. The lowest BCUT2D eigenvalue weighted by Crippen LogP contribution is -2.16. The van der Waals surface area contributed by atoms with E-state index in [1.807, 2.05) is 0 Å². The summed E-state index contributed by atoms with van der Waals surface area (Å²) in [5, 5.41) is 7.70. The van der Waals surface area contributed by atoms with Crippen LogP contribution in [-0.4, -0.2) is 23.2 Å². The van der Waals surface area contributed by atoms with Gasteiger partial charge in [-0.15, -0.1) is 12.4 Å². The van der Waals surface area contributed by atoms with Gasteiger partial charge in [0.05, 0.1) is 0 Å². The average molecular weight is 334 g/mol. The number of aromatic nitrogens is 2. The van der Waals surface area contributed by atoms with Crippen molar-refractivity contribution in [2.24, 2.45) is 0 Å². The molecule has 0 saturated heterocycles. The number of hydrogen-bond acceptors (Lipinski definition) is 4. The van der Waals surface area contributed by atoms with Gasteiger partial charge in [-0.1, -0.05) is 30.5 Å². The molecule has 1 fully saturated rings. The molecule has 4 rings (SSSR count). The maximum Gasteiger partial charge on any atom is 0.257 e. The van der Waals surface area contributed by atoms with Crippen LogP contribution < -0.4 is 5.32 Å². The van der Waals surface area contributed by atoms with Crippen LogP contribution in [0.25, 0.3) is 11.5 Å². The lowest BCUT2D eigenvalue weighted by Gasteiger charge is -2.17. The molecule has 0 bridgehead atoms. The van der Waals surface area contributed by atoms with Crippen molar-refractivity contribution in [3.63, 3.8) is 0 Å². The highest BCUT2D eigenvalue weighted by atomic mass is 35.5. The van der Waals surface area contributed by atoms with Gasteiger partial charge in [-0.25, -0.2) is 0 Å². The van der Waals surface area contributed by atoms with Crippen LogP contribution in [0.5, 0.6) is 0 Å². The molecule has 1 N–H and O–H groups in total. The SMILES string of the molecule is Cl.c1cc2c(cc1-c1nc(C3CCCCC3)no1)CCNCC2. The molecular weight excluding hydrogens is 310 g/mol. The Hall–Kier alpha value is -1.39. The molecule has 1 aliphatic heterocycles. The second kappa shape index (κ2) is 7.45. The molecule has 1 aliphatic carbocycles. The molecule has 2 aromatic rings. The van der Waals surface area contributed by atoms with Crippen molar-refractivity contribution in [1.82, 2.24) is 15.5 Å². The molecule has 1 aromatic heterocycles. The topological polar surface area (TPSA) is 51.0 Å². The smallest absolute Gasteiger partial charge is 0.257 e. The van der Waals surface area contributed by atoms with Crippen LogP contribution in [0.3, 0.4) is 0 Å². The van der Waals surface area contributed by atoms with E-state index in [0.717, 1.165) is 37.3 Å². The Kier molecular flexibility index (Phi) is 5.34. The van der Waals surface area contributed by atoms with Gasteiger partial charge in [-0.3, -0.25) is 0 Å². The van der Waals surface area contributed by atoms with Gasteiger partial charge >= 0.3 is 0 Å². The Labute approximate surface area is 143 Å². The predicted molar refractivity (Wildman–Crippen MR) is 93.1 cm³/mol. The van der Waals surface area contributed by atoms with E-state index in [9.17, 15) is 0 Å². The van der Waals surface area contributed by atoms with Crippen molar-refractivity contribution < 1.29 is 4.52 Å². The van der Waals surface area contributed by atoms with Crippen molar-refractivity contribution in [2.45, 2.75) is 50.9 Å². The van der Waals surface area contributed by atoms with Crippen LogP contribution >= 0.6 is 12.4 Å². The van der Waals surface area contributed by atoms with E-state index < -0.39 is 0 Å². The summed E-state index contributed by atoms with van der Waals surface area (Å²) >= 11 is 0. The van der Waals surface area contributed by atoms with Gasteiger partial charge < -0.3 is 9.84 Å². The Morgan fingerprint density at radius 2 is 1.78 bits per heavy atom. The quantitative estimate of drug-likeness (QED) is 0.905. The fourth-order valence-electron chi connectivity index (χ4n) is 3.69. The van der Waals surface area contributed by atoms with E-state index in [-0.39, 0.29) is 12.4 Å². The zero-order valence-corrected chi connectivity index (χ0v) is 14.2. The van der Waals surface area contributed by atoms with Gasteiger partial charge in [0.1, 0.15) is 0 Å². The minimum atomic E-state index is 0. The second-order valence-corrected chi connectivity index (χ2v) is 6.53. The van der Waals surface area contributed by atoms with Gasteiger partial charge in [0.2, 0.25) is 0 Å². The number of fused-ring (bicyclic) bond motifs is 1. The van der Waals surface area contributed by atoms with E-state index in [1.165, 1.54) is 43.2 Å². The molecule has 1 saturated carbocycles. The zero-order valence-electron chi connectivity index (χ0n) is 13.4. The summed E-state index contributed by atoms with van der Waals surface area (Å²) in [6.07, 6.45) is 8.52. The molecule has 0 radical (unpaired) electrons. The predicted octanol–water partition coefficient (Wildman–Crippen LogP) is 3.89. The van der Waals surface area contributed by atoms with Crippen LogP contribution in [-0.2, 0) is 12.8 Å². The maximum absolute atomic E-state index is 5.55. The molecule has 0 unspecified atom stereocenters. The highest BCUT2D eigenvalue weighted by molar-refractivity contribution is 5.85. The van der Waals surface area contributed by atoms with Crippen LogP contribution in [0.15, 0.2) is 22.7 Å². The maximum atomic E-state index is 5.55. The van der Waals surface area contributed by atoms with Gasteiger partial charge in [-0.2, -0.15) is 4.98 Å². The third-order valence-corrected chi connectivity index (χ3v) is 5.01. The minimum Gasteiger partial charge on any atom is -0.334 e. The average Bonchev–Trinajstić information content (AvgIpc) is 2.95. The third-order valence-electron chi connectivity index (χ3n) is 5.01. The molecule has 0 atom stereocenters. The standard InChI is InChI=1S/C18H23N3O.ClH/c1-2-4-14(5-3-1)17-20-18(22-21-17)16-7-6-13-8-10-19-11-9-15(13)12-16;/h6-7,12,14,19H,1-5,8-11H2;1H.